The van der Waals surface area contributed by atoms with Gasteiger partial charge in [-0.05, 0) is 76.4 Å². The van der Waals surface area contributed by atoms with E-state index >= 15 is 0 Å². The molecule has 0 aromatic heterocycles. The fourth-order valence-electron chi connectivity index (χ4n) is 6.00. The van der Waals surface area contributed by atoms with Gasteiger partial charge in [-0.25, -0.2) is 4.79 Å². The Morgan fingerprint density at radius 3 is 2.24 bits per heavy atom. The third-order valence-electron chi connectivity index (χ3n) is 7.93. The second kappa shape index (κ2) is 13.1. The molecule has 1 aliphatic heterocycles. The topological polar surface area (TPSA) is 94.2 Å². The van der Waals surface area contributed by atoms with Crippen molar-refractivity contribution < 1.29 is 28.6 Å². The first-order valence-electron chi connectivity index (χ1n) is 14.4. The van der Waals surface area contributed by atoms with Gasteiger partial charge in [-0.3, -0.25) is 9.59 Å². The lowest BCUT2D eigenvalue weighted by Crippen LogP contribution is -2.43. The molecule has 0 saturated carbocycles. The van der Waals surface area contributed by atoms with E-state index in [4.69, 9.17) is 14.2 Å². The van der Waals surface area contributed by atoms with Gasteiger partial charge in [0.25, 0.3) is 0 Å². The average Bonchev–Trinajstić information content (AvgIpc) is 2.97. The summed E-state index contributed by atoms with van der Waals surface area (Å²) in [6, 6.07) is 15.4. The van der Waals surface area contributed by atoms with E-state index in [-0.39, 0.29) is 19.0 Å². The zero-order valence-electron chi connectivity index (χ0n) is 24.8. The summed E-state index contributed by atoms with van der Waals surface area (Å²) in [5.41, 5.74) is 4.76. The Morgan fingerprint density at radius 2 is 1.63 bits per heavy atom. The summed E-state index contributed by atoms with van der Waals surface area (Å²) in [5, 5.41) is 3.35. The molecule has 41 heavy (non-hydrogen) atoms. The fourth-order valence-corrected chi connectivity index (χ4v) is 6.00. The number of methoxy groups -OCH3 is 1. The summed E-state index contributed by atoms with van der Waals surface area (Å²) in [6.45, 7) is 11.6. The Kier molecular flexibility index (Phi) is 9.53. The second-order valence-corrected chi connectivity index (χ2v) is 10.2. The van der Waals surface area contributed by atoms with Crippen molar-refractivity contribution in [3.63, 3.8) is 0 Å². The second-order valence-electron chi connectivity index (χ2n) is 10.2. The summed E-state index contributed by atoms with van der Waals surface area (Å²) < 4.78 is 16.3. The van der Waals surface area contributed by atoms with Gasteiger partial charge < -0.3 is 24.4 Å². The molecule has 1 N–H and O–H groups in total. The van der Waals surface area contributed by atoms with Crippen LogP contribution in [0.15, 0.2) is 71.1 Å². The molecule has 2 aliphatic rings. The molecule has 0 saturated heterocycles. The van der Waals surface area contributed by atoms with E-state index in [0.717, 1.165) is 29.9 Å². The minimum Gasteiger partial charge on any atom is -0.497 e. The van der Waals surface area contributed by atoms with Crippen LogP contribution in [-0.2, 0) is 23.9 Å². The maximum absolute atomic E-state index is 14.5. The van der Waals surface area contributed by atoms with Gasteiger partial charge in [0.1, 0.15) is 11.7 Å². The first kappa shape index (κ1) is 29.9. The van der Waals surface area contributed by atoms with Gasteiger partial charge in [-0.15, -0.1) is 0 Å². The molecule has 4 rings (SSSR count). The first-order chi connectivity index (χ1) is 19.8. The number of esters is 2. The van der Waals surface area contributed by atoms with Crippen LogP contribution >= 0.6 is 0 Å². The lowest BCUT2D eigenvalue weighted by Gasteiger charge is -2.39. The van der Waals surface area contributed by atoms with Crippen LogP contribution in [0.5, 0.6) is 5.75 Å². The molecule has 218 valence electrons. The normalized spacial score (nSPS) is 20.2. The Labute approximate surface area is 242 Å². The van der Waals surface area contributed by atoms with Crippen LogP contribution in [0.25, 0.3) is 0 Å². The van der Waals surface area contributed by atoms with E-state index in [9.17, 15) is 14.4 Å². The summed E-state index contributed by atoms with van der Waals surface area (Å²) in [7, 11) is 1.58. The van der Waals surface area contributed by atoms with Crippen LogP contribution < -0.4 is 15.0 Å². The molecule has 0 radical (unpaired) electrons. The number of ether oxygens (including phenoxy) is 3. The third kappa shape index (κ3) is 5.87. The van der Waals surface area contributed by atoms with Crippen LogP contribution in [-0.4, -0.2) is 51.1 Å². The SMILES string of the molecule is CCOC(=O)C1=C(C)NC2=C(C(=O)C(C(=O)OCC)C(c3cccc(OC)c3)C2)C1c1ccc(N(CC)CC)cc1. The van der Waals surface area contributed by atoms with Crippen LogP contribution in [0.3, 0.4) is 0 Å². The van der Waals surface area contributed by atoms with E-state index in [1.54, 1.807) is 21.0 Å². The highest BCUT2D eigenvalue weighted by atomic mass is 16.5. The summed E-state index contributed by atoms with van der Waals surface area (Å²) >= 11 is 0. The maximum atomic E-state index is 14.5. The summed E-state index contributed by atoms with van der Waals surface area (Å²) in [6.07, 6.45) is 0.388. The van der Waals surface area contributed by atoms with Crippen LogP contribution in [0.1, 0.15) is 64.0 Å². The van der Waals surface area contributed by atoms with Crippen molar-refractivity contribution in [3.8, 4) is 5.75 Å². The molecule has 8 heteroatoms. The van der Waals surface area contributed by atoms with Crippen molar-refractivity contribution in [1.29, 1.82) is 0 Å². The smallest absolute Gasteiger partial charge is 0.336 e. The monoisotopic (exact) mass is 560 g/mol. The third-order valence-corrected chi connectivity index (χ3v) is 7.93. The Balaban J connectivity index is 1.88. The number of carbonyl (C=O) groups is 3. The van der Waals surface area contributed by atoms with Crippen LogP contribution in [0.4, 0.5) is 5.69 Å². The quantitative estimate of drug-likeness (QED) is 0.311. The number of carbonyl (C=O) groups excluding carboxylic acids is 3. The Bertz CT molecular complexity index is 1360. The van der Waals surface area contributed by atoms with Crippen molar-refractivity contribution in [2.45, 2.75) is 52.9 Å². The molecule has 0 bridgehead atoms. The fraction of sp³-hybridized carbons (Fsp3) is 0.424. The Morgan fingerprint density at radius 1 is 0.951 bits per heavy atom. The van der Waals surface area contributed by atoms with Crippen molar-refractivity contribution >= 4 is 23.4 Å². The number of hydrogen-bond donors (Lipinski definition) is 1. The van der Waals surface area contributed by atoms with Crippen molar-refractivity contribution in [1.82, 2.24) is 5.32 Å². The van der Waals surface area contributed by atoms with Gasteiger partial charge in [0.2, 0.25) is 0 Å². The predicted molar refractivity (Wildman–Crippen MR) is 158 cm³/mol. The minimum atomic E-state index is -1.07. The maximum Gasteiger partial charge on any atom is 0.336 e. The zero-order chi connectivity index (χ0) is 29.7. The lowest BCUT2D eigenvalue weighted by molar-refractivity contribution is -0.152. The van der Waals surface area contributed by atoms with Gasteiger partial charge >= 0.3 is 11.9 Å². The molecule has 0 spiro atoms. The number of allylic oxidation sites excluding steroid dienone is 3. The van der Waals surface area contributed by atoms with Gasteiger partial charge in [0, 0.05) is 47.6 Å². The average molecular weight is 561 g/mol. The molecule has 0 fully saturated rings. The van der Waals surface area contributed by atoms with Gasteiger partial charge in [0.15, 0.2) is 5.78 Å². The molecule has 3 atom stereocenters. The number of Topliss-reactive ketones (excluding diaryl/α,β-unsaturated/α-hetero) is 1. The van der Waals surface area contributed by atoms with E-state index < -0.39 is 29.7 Å². The molecular formula is C33H40N2O6. The highest BCUT2D eigenvalue weighted by Gasteiger charge is 2.49. The first-order valence-corrected chi connectivity index (χ1v) is 14.4. The molecule has 1 heterocycles. The number of nitrogens with one attached hydrogen (secondary N) is 1. The molecule has 1 aliphatic carbocycles. The minimum absolute atomic E-state index is 0.154. The van der Waals surface area contributed by atoms with Gasteiger partial charge in [-0.2, -0.15) is 0 Å². The van der Waals surface area contributed by atoms with Crippen LogP contribution in [0, 0.1) is 5.92 Å². The predicted octanol–water partition coefficient (Wildman–Crippen LogP) is 5.26. The van der Waals surface area contributed by atoms with Crippen molar-refractivity contribution in [3.05, 3.63) is 82.2 Å². The number of dihydropyridines is 1. The summed E-state index contributed by atoms with van der Waals surface area (Å²) in [4.78, 5) is 43.5. The zero-order valence-corrected chi connectivity index (χ0v) is 24.8. The van der Waals surface area contributed by atoms with E-state index in [1.165, 1.54) is 0 Å². The number of benzene rings is 2. The lowest BCUT2D eigenvalue weighted by atomic mass is 9.67. The number of anilines is 1. The molecule has 2 aromatic carbocycles. The molecule has 0 amide bonds. The summed E-state index contributed by atoms with van der Waals surface area (Å²) in [5.74, 6) is -2.99. The van der Waals surface area contributed by atoms with E-state index in [0.29, 0.717) is 34.7 Å². The van der Waals surface area contributed by atoms with Crippen molar-refractivity contribution in [2.24, 2.45) is 5.92 Å². The largest absolute Gasteiger partial charge is 0.497 e. The van der Waals surface area contributed by atoms with Gasteiger partial charge in [-0.1, -0.05) is 24.3 Å². The highest BCUT2D eigenvalue weighted by Crippen LogP contribution is 2.48. The number of rotatable bonds is 10. The van der Waals surface area contributed by atoms with Crippen molar-refractivity contribution in [2.75, 3.05) is 38.3 Å². The molecule has 3 unspecified atom stereocenters. The number of ketones is 1. The Hall–Kier alpha value is -4.07. The molecular weight excluding hydrogens is 520 g/mol. The van der Waals surface area contributed by atoms with Crippen LogP contribution in [0.2, 0.25) is 0 Å². The highest BCUT2D eigenvalue weighted by molar-refractivity contribution is 6.13. The molecule has 2 aromatic rings. The molecule has 8 nitrogen and oxygen atoms in total. The van der Waals surface area contributed by atoms with Gasteiger partial charge in [0.05, 0.1) is 25.9 Å². The number of nitrogens with zero attached hydrogens (tertiary/aromatic N) is 1. The van der Waals surface area contributed by atoms with E-state index in [2.05, 4.69) is 24.1 Å². The van der Waals surface area contributed by atoms with E-state index in [1.807, 2.05) is 55.5 Å². The standard InChI is InChI=1S/C33H40N2O6/c1-7-35(8-2)23-16-14-21(15-17-23)28-27(32(37)40-9-3)20(5)34-26-19-25(22-12-11-13-24(18-22)39-6)29(31(36)30(26)28)33(38)41-10-4/h11-18,25,28-29,34H,7-10,19H2,1-6H3. The number of hydrogen-bond acceptors (Lipinski definition) is 8.